The number of carboxylic acid groups (broad SMARTS) is 1. The fourth-order valence-corrected chi connectivity index (χ4v) is 2.01. The largest absolute Gasteiger partial charge is 0.481 e. The molecule has 0 spiro atoms. The Morgan fingerprint density at radius 1 is 1.42 bits per heavy atom. The summed E-state index contributed by atoms with van der Waals surface area (Å²) >= 11 is 3.01. The molecular formula is C13H15BrFNO3. The number of rotatable bonds is 5. The van der Waals surface area contributed by atoms with Crippen LogP contribution >= 0.6 is 15.9 Å². The highest BCUT2D eigenvalue weighted by Crippen LogP contribution is 2.20. The van der Waals surface area contributed by atoms with E-state index in [0.717, 1.165) is 0 Å². The first kappa shape index (κ1) is 15.6. The summed E-state index contributed by atoms with van der Waals surface area (Å²) in [5.41, 5.74) is 0.149. The summed E-state index contributed by atoms with van der Waals surface area (Å²) in [6.07, 6.45) is -0.170. The molecule has 0 fully saturated rings. The molecule has 0 aliphatic carbocycles. The van der Waals surface area contributed by atoms with E-state index >= 15 is 0 Å². The van der Waals surface area contributed by atoms with Crippen LogP contribution in [0.4, 0.5) is 4.39 Å². The zero-order valence-electron chi connectivity index (χ0n) is 10.6. The molecule has 1 aromatic rings. The zero-order valence-corrected chi connectivity index (χ0v) is 12.2. The number of nitrogens with one attached hydrogen (secondary N) is 1. The molecule has 6 heteroatoms. The number of hydrogen-bond acceptors (Lipinski definition) is 2. The molecule has 0 heterocycles. The van der Waals surface area contributed by atoms with Crippen LogP contribution < -0.4 is 5.32 Å². The Morgan fingerprint density at radius 2 is 2.05 bits per heavy atom. The monoisotopic (exact) mass is 331 g/mol. The highest BCUT2D eigenvalue weighted by atomic mass is 79.9. The summed E-state index contributed by atoms with van der Waals surface area (Å²) < 4.78 is 13.4. The Labute approximate surface area is 119 Å². The fraction of sp³-hybridized carbons (Fsp3) is 0.385. The maximum Gasteiger partial charge on any atom is 0.305 e. The topological polar surface area (TPSA) is 66.4 Å². The summed E-state index contributed by atoms with van der Waals surface area (Å²) in [6.45, 7) is 3.63. The van der Waals surface area contributed by atoms with Crippen molar-refractivity contribution in [1.82, 2.24) is 5.32 Å². The molecule has 1 atom stereocenters. The van der Waals surface area contributed by atoms with Crippen LogP contribution in [0.15, 0.2) is 22.7 Å². The van der Waals surface area contributed by atoms with Crippen LogP contribution in [0.5, 0.6) is 0 Å². The molecule has 2 N–H and O–H groups in total. The number of aliphatic carboxylic acids is 1. The molecule has 0 saturated heterocycles. The normalized spacial score (nSPS) is 12.3. The van der Waals surface area contributed by atoms with Crippen LogP contribution in [-0.4, -0.2) is 23.0 Å². The third-order valence-corrected chi connectivity index (χ3v) is 3.52. The molecular weight excluding hydrogens is 317 g/mol. The number of halogens is 2. The van der Waals surface area contributed by atoms with E-state index in [4.69, 9.17) is 5.11 Å². The van der Waals surface area contributed by atoms with E-state index in [1.807, 2.05) is 13.8 Å². The number of benzene rings is 1. The third kappa shape index (κ3) is 4.31. The van der Waals surface area contributed by atoms with Crippen molar-refractivity contribution in [3.63, 3.8) is 0 Å². The molecule has 0 aliphatic heterocycles. The smallest absolute Gasteiger partial charge is 0.305 e. The highest BCUT2D eigenvalue weighted by molar-refractivity contribution is 9.10. The fourth-order valence-electron chi connectivity index (χ4n) is 1.57. The molecule has 1 rings (SSSR count). The number of carbonyl (C=O) groups excluding carboxylic acids is 1. The predicted octanol–water partition coefficient (Wildman–Crippen LogP) is 2.82. The SMILES string of the molecule is CC(C)C(CC(=O)O)NC(=O)c1cccc(F)c1Br. The van der Waals surface area contributed by atoms with Gasteiger partial charge in [-0.1, -0.05) is 19.9 Å². The third-order valence-electron chi connectivity index (χ3n) is 2.71. The van der Waals surface area contributed by atoms with Gasteiger partial charge in [0.05, 0.1) is 16.5 Å². The van der Waals surface area contributed by atoms with Crippen LogP contribution in [0.2, 0.25) is 0 Å². The molecule has 0 aliphatic rings. The van der Waals surface area contributed by atoms with E-state index in [9.17, 15) is 14.0 Å². The van der Waals surface area contributed by atoms with Gasteiger partial charge in [0.1, 0.15) is 5.82 Å². The van der Waals surface area contributed by atoms with Gasteiger partial charge < -0.3 is 10.4 Å². The standard InChI is InChI=1S/C13H15BrFNO3/c1-7(2)10(6-11(17)18)16-13(19)8-4-3-5-9(15)12(8)14/h3-5,7,10H,6H2,1-2H3,(H,16,19)(H,17,18). The molecule has 4 nitrogen and oxygen atoms in total. The van der Waals surface area contributed by atoms with Crippen molar-refractivity contribution in [3.8, 4) is 0 Å². The van der Waals surface area contributed by atoms with Crippen molar-refractivity contribution < 1.29 is 19.1 Å². The second-order valence-electron chi connectivity index (χ2n) is 4.52. The lowest BCUT2D eigenvalue weighted by atomic mass is 10.0. The van der Waals surface area contributed by atoms with Crippen LogP contribution in [-0.2, 0) is 4.79 Å². The van der Waals surface area contributed by atoms with Gasteiger partial charge in [0.2, 0.25) is 0 Å². The van der Waals surface area contributed by atoms with Gasteiger partial charge in [-0.2, -0.15) is 0 Å². The Morgan fingerprint density at radius 3 is 2.58 bits per heavy atom. The van der Waals surface area contributed by atoms with Gasteiger partial charge in [-0.05, 0) is 34.0 Å². The maximum atomic E-state index is 13.3. The van der Waals surface area contributed by atoms with E-state index in [2.05, 4.69) is 21.2 Å². The van der Waals surface area contributed by atoms with E-state index in [1.165, 1.54) is 18.2 Å². The predicted molar refractivity (Wildman–Crippen MR) is 72.4 cm³/mol. The lowest BCUT2D eigenvalue weighted by Gasteiger charge is -2.21. The van der Waals surface area contributed by atoms with Gasteiger partial charge in [0.15, 0.2) is 0 Å². The van der Waals surface area contributed by atoms with Gasteiger partial charge in [-0.15, -0.1) is 0 Å². The van der Waals surface area contributed by atoms with Crippen molar-refractivity contribution in [2.45, 2.75) is 26.3 Å². The number of carbonyl (C=O) groups is 2. The average molecular weight is 332 g/mol. The lowest BCUT2D eigenvalue weighted by Crippen LogP contribution is -2.40. The van der Waals surface area contributed by atoms with Crippen LogP contribution in [0, 0.1) is 11.7 Å². The number of hydrogen-bond donors (Lipinski definition) is 2. The van der Waals surface area contributed by atoms with Crippen molar-refractivity contribution in [2.75, 3.05) is 0 Å². The van der Waals surface area contributed by atoms with E-state index in [-0.39, 0.29) is 22.4 Å². The van der Waals surface area contributed by atoms with Gasteiger partial charge >= 0.3 is 5.97 Å². The quantitative estimate of drug-likeness (QED) is 0.871. The van der Waals surface area contributed by atoms with E-state index < -0.39 is 23.7 Å². The minimum absolute atomic E-state index is 0.0348. The van der Waals surface area contributed by atoms with Crippen LogP contribution in [0.25, 0.3) is 0 Å². The second kappa shape index (κ2) is 6.65. The van der Waals surface area contributed by atoms with Gasteiger partial charge in [-0.25, -0.2) is 4.39 Å². The molecule has 1 aromatic carbocycles. The number of carboxylic acids is 1. The van der Waals surface area contributed by atoms with E-state index in [1.54, 1.807) is 0 Å². The van der Waals surface area contributed by atoms with Crippen molar-refractivity contribution in [3.05, 3.63) is 34.1 Å². The Balaban J connectivity index is 2.88. The van der Waals surface area contributed by atoms with Crippen LogP contribution in [0.1, 0.15) is 30.6 Å². The zero-order chi connectivity index (χ0) is 14.6. The first-order valence-electron chi connectivity index (χ1n) is 5.79. The molecule has 1 amide bonds. The van der Waals surface area contributed by atoms with E-state index in [0.29, 0.717) is 0 Å². The van der Waals surface area contributed by atoms with Crippen molar-refractivity contribution >= 4 is 27.8 Å². The molecule has 19 heavy (non-hydrogen) atoms. The summed E-state index contributed by atoms with van der Waals surface area (Å²) in [7, 11) is 0. The van der Waals surface area contributed by atoms with Crippen molar-refractivity contribution in [2.24, 2.45) is 5.92 Å². The summed E-state index contributed by atoms with van der Waals surface area (Å²) in [4.78, 5) is 22.7. The summed E-state index contributed by atoms with van der Waals surface area (Å²) in [5.74, 6) is -2.05. The number of amides is 1. The summed E-state index contributed by atoms with van der Waals surface area (Å²) in [6, 6.07) is 3.63. The Kier molecular flexibility index (Phi) is 5.47. The van der Waals surface area contributed by atoms with Crippen LogP contribution in [0.3, 0.4) is 0 Å². The molecule has 0 saturated carbocycles. The lowest BCUT2D eigenvalue weighted by molar-refractivity contribution is -0.137. The van der Waals surface area contributed by atoms with Gasteiger partial charge in [0, 0.05) is 6.04 Å². The highest BCUT2D eigenvalue weighted by Gasteiger charge is 2.21. The molecule has 0 bridgehead atoms. The van der Waals surface area contributed by atoms with Gasteiger partial charge in [0.25, 0.3) is 5.91 Å². The minimum Gasteiger partial charge on any atom is -0.481 e. The molecule has 104 valence electrons. The first-order chi connectivity index (χ1) is 8.82. The molecule has 0 radical (unpaired) electrons. The van der Waals surface area contributed by atoms with Gasteiger partial charge in [-0.3, -0.25) is 9.59 Å². The van der Waals surface area contributed by atoms with Crippen molar-refractivity contribution in [1.29, 1.82) is 0 Å². The first-order valence-corrected chi connectivity index (χ1v) is 6.59. The molecule has 1 unspecified atom stereocenters. The minimum atomic E-state index is -0.989. The summed E-state index contributed by atoms with van der Waals surface area (Å²) in [5, 5.41) is 11.4. The Bertz CT molecular complexity index is 491. The second-order valence-corrected chi connectivity index (χ2v) is 5.32. The Hall–Kier alpha value is -1.43. The average Bonchev–Trinajstić information content (AvgIpc) is 2.31. The molecule has 0 aromatic heterocycles. The maximum absolute atomic E-state index is 13.3.